The van der Waals surface area contributed by atoms with Crippen LogP contribution < -0.4 is 10.1 Å². The average Bonchev–Trinajstić information content (AvgIpc) is 2.26. The van der Waals surface area contributed by atoms with Crippen LogP contribution in [0.4, 0.5) is 0 Å². The molecule has 1 aliphatic rings. The minimum absolute atomic E-state index is 0.259. The number of aromatic hydroxyl groups is 1. The van der Waals surface area contributed by atoms with Crippen molar-refractivity contribution >= 4 is 0 Å². The number of para-hydroxylation sites is 1. The minimum atomic E-state index is 0.259. The number of ether oxygens (including phenoxy) is 1. The van der Waals surface area contributed by atoms with E-state index in [1.165, 1.54) is 0 Å². The fourth-order valence-electron chi connectivity index (χ4n) is 1.95. The average molecular weight is 207 g/mol. The van der Waals surface area contributed by atoms with E-state index < -0.39 is 0 Å². The first-order chi connectivity index (χ1) is 7.31. The first kappa shape index (κ1) is 10.3. The number of phenolic OH excluding ortho intramolecular Hbond substituents is 1. The van der Waals surface area contributed by atoms with E-state index in [4.69, 9.17) is 4.74 Å². The summed E-state index contributed by atoms with van der Waals surface area (Å²) in [4.78, 5) is 0. The highest BCUT2D eigenvalue weighted by Crippen LogP contribution is 2.34. The number of benzene rings is 1. The maximum atomic E-state index is 9.58. The highest BCUT2D eigenvalue weighted by molar-refractivity contribution is 5.46. The molecular formula is C12H17NO2. The molecule has 2 rings (SSSR count). The standard InChI is InChI=1S/C12H17NO2/c1-2-13-7-9-6-10-4-3-5-11(14)12(10)15-8-9/h3-5,9,13-14H,2,6-8H2,1H3. The molecule has 15 heavy (non-hydrogen) atoms. The van der Waals surface area contributed by atoms with E-state index in [1.54, 1.807) is 6.07 Å². The van der Waals surface area contributed by atoms with Crippen molar-refractivity contribution in [2.75, 3.05) is 19.7 Å². The number of hydrogen-bond acceptors (Lipinski definition) is 3. The molecule has 0 aliphatic carbocycles. The van der Waals surface area contributed by atoms with Gasteiger partial charge in [0.1, 0.15) is 0 Å². The van der Waals surface area contributed by atoms with Crippen molar-refractivity contribution in [3.8, 4) is 11.5 Å². The third kappa shape index (κ3) is 2.23. The van der Waals surface area contributed by atoms with Gasteiger partial charge in [0.15, 0.2) is 11.5 Å². The van der Waals surface area contributed by atoms with Crippen LogP contribution in [0.2, 0.25) is 0 Å². The Kier molecular flexibility index (Phi) is 3.11. The molecule has 1 aliphatic heterocycles. The molecule has 0 fully saturated rings. The molecule has 1 heterocycles. The molecule has 82 valence electrons. The first-order valence-electron chi connectivity index (χ1n) is 5.45. The molecule has 0 saturated heterocycles. The summed E-state index contributed by atoms with van der Waals surface area (Å²) in [6.07, 6.45) is 0.983. The maximum Gasteiger partial charge on any atom is 0.164 e. The van der Waals surface area contributed by atoms with Gasteiger partial charge >= 0.3 is 0 Å². The third-order valence-electron chi connectivity index (χ3n) is 2.73. The molecule has 0 saturated carbocycles. The lowest BCUT2D eigenvalue weighted by Gasteiger charge is -2.25. The van der Waals surface area contributed by atoms with E-state index in [0.29, 0.717) is 18.3 Å². The van der Waals surface area contributed by atoms with Crippen LogP contribution in [0.5, 0.6) is 11.5 Å². The van der Waals surface area contributed by atoms with Gasteiger partial charge in [-0.15, -0.1) is 0 Å². The predicted molar refractivity (Wildman–Crippen MR) is 59.3 cm³/mol. The van der Waals surface area contributed by atoms with Gasteiger partial charge in [-0.1, -0.05) is 19.1 Å². The quantitative estimate of drug-likeness (QED) is 0.790. The highest BCUT2D eigenvalue weighted by atomic mass is 16.5. The monoisotopic (exact) mass is 207 g/mol. The summed E-state index contributed by atoms with van der Waals surface area (Å²) >= 11 is 0. The van der Waals surface area contributed by atoms with Crippen LogP contribution in [0.3, 0.4) is 0 Å². The molecule has 2 N–H and O–H groups in total. The SMILES string of the molecule is CCNCC1COc2c(O)cccc2C1. The van der Waals surface area contributed by atoms with Gasteiger partial charge in [-0.05, 0) is 24.6 Å². The fraction of sp³-hybridized carbons (Fsp3) is 0.500. The lowest BCUT2D eigenvalue weighted by molar-refractivity contribution is 0.210. The summed E-state index contributed by atoms with van der Waals surface area (Å²) in [5.74, 6) is 1.44. The van der Waals surface area contributed by atoms with Crippen LogP contribution in [0.15, 0.2) is 18.2 Å². The zero-order valence-electron chi connectivity index (χ0n) is 8.99. The van der Waals surface area contributed by atoms with Crippen molar-refractivity contribution in [3.05, 3.63) is 23.8 Å². The molecule has 0 bridgehead atoms. The highest BCUT2D eigenvalue weighted by Gasteiger charge is 2.21. The Labute approximate surface area is 90.1 Å². The number of rotatable bonds is 3. The molecule has 0 aromatic heterocycles. The normalized spacial score (nSPS) is 19.4. The molecule has 1 aromatic carbocycles. The van der Waals surface area contributed by atoms with E-state index in [1.807, 2.05) is 12.1 Å². The minimum Gasteiger partial charge on any atom is -0.504 e. The Balaban J connectivity index is 2.07. The lowest BCUT2D eigenvalue weighted by Crippen LogP contribution is -2.31. The second-order valence-electron chi connectivity index (χ2n) is 3.95. The van der Waals surface area contributed by atoms with Crippen LogP contribution in [-0.4, -0.2) is 24.8 Å². The second-order valence-corrected chi connectivity index (χ2v) is 3.95. The summed E-state index contributed by atoms with van der Waals surface area (Å²) in [5, 5.41) is 12.9. The van der Waals surface area contributed by atoms with Gasteiger partial charge < -0.3 is 15.2 Å². The van der Waals surface area contributed by atoms with Crippen LogP contribution in [0.1, 0.15) is 12.5 Å². The molecule has 3 nitrogen and oxygen atoms in total. The van der Waals surface area contributed by atoms with E-state index in [0.717, 1.165) is 25.1 Å². The molecule has 0 spiro atoms. The van der Waals surface area contributed by atoms with Gasteiger partial charge in [0, 0.05) is 12.5 Å². The first-order valence-corrected chi connectivity index (χ1v) is 5.45. The molecular weight excluding hydrogens is 190 g/mol. The van der Waals surface area contributed by atoms with Crippen LogP contribution in [0, 0.1) is 5.92 Å². The van der Waals surface area contributed by atoms with E-state index in [2.05, 4.69) is 12.2 Å². The number of hydrogen-bond donors (Lipinski definition) is 2. The largest absolute Gasteiger partial charge is 0.504 e. The number of fused-ring (bicyclic) bond motifs is 1. The fourth-order valence-corrected chi connectivity index (χ4v) is 1.95. The van der Waals surface area contributed by atoms with Gasteiger partial charge in [0.2, 0.25) is 0 Å². The van der Waals surface area contributed by atoms with Gasteiger partial charge in [-0.25, -0.2) is 0 Å². The Morgan fingerprint density at radius 2 is 2.40 bits per heavy atom. The Bertz CT molecular complexity index is 338. The number of phenols is 1. The molecule has 0 radical (unpaired) electrons. The van der Waals surface area contributed by atoms with E-state index in [-0.39, 0.29) is 5.75 Å². The summed E-state index contributed by atoms with van der Waals surface area (Å²) in [7, 11) is 0. The van der Waals surface area contributed by atoms with Gasteiger partial charge in [0.25, 0.3) is 0 Å². The predicted octanol–water partition coefficient (Wildman–Crippen LogP) is 1.55. The second kappa shape index (κ2) is 4.53. The van der Waals surface area contributed by atoms with Crippen molar-refractivity contribution in [1.29, 1.82) is 0 Å². The summed E-state index contributed by atoms with van der Waals surface area (Å²) in [6.45, 7) is 4.76. The van der Waals surface area contributed by atoms with Crippen LogP contribution in [0.25, 0.3) is 0 Å². The van der Waals surface area contributed by atoms with Crippen LogP contribution in [-0.2, 0) is 6.42 Å². The zero-order valence-corrected chi connectivity index (χ0v) is 8.99. The van der Waals surface area contributed by atoms with Crippen molar-refractivity contribution in [2.45, 2.75) is 13.3 Å². The lowest BCUT2D eigenvalue weighted by atomic mass is 9.96. The van der Waals surface area contributed by atoms with Crippen molar-refractivity contribution < 1.29 is 9.84 Å². The van der Waals surface area contributed by atoms with E-state index in [9.17, 15) is 5.11 Å². The molecule has 1 atom stereocenters. The Morgan fingerprint density at radius 1 is 1.53 bits per heavy atom. The van der Waals surface area contributed by atoms with Gasteiger partial charge in [-0.3, -0.25) is 0 Å². The summed E-state index contributed by atoms with van der Waals surface area (Å²) in [5.41, 5.74) is 1.11. The van der Waals surface area contributed by atoms with Gasteiger partial charge in [0.05, 0.1) is 6.61 Å². The van der Waals surface area contributed by atoms with Gasteiger partial charge in [-0.2, -0.15) is 0 Å². The molecule has 1 unspecified atom stereocenters. The maximum absolute atomic E-state index is 9.58. The van der Waals surface area contributed by atoms with E-state index >= 15 is 0 Å². The number of nitrogens with one attached hydrogen (secondary N) is 1. The Hall–Kier alpha value is -1.22. The Morgan fingerprint density at radius 3 is 3.20 bits per heavy atom. The zero-order chi connectivity index (χ0) is 10.7. The third-order valence-corrected chi connectivity index (χ3v) is 2.73. The molecule has 1 aromatic rings. The summed E-state index contributed by atoms with van der Waals surface area (Å²) < 4.78 is 5.57. The smallest absolute Gasteiger partial charge is 0.164 e. The van der Waals surface area contributed by atoms with Crippen molar-refractivity contribution in [2.24, 2.45) is 5.92 Å². The van der Waals surface area contributed by atoms with Crippen molar-refractivity contribution in [3.63, 3.8) is 0 Å². The van der Waals surface area contributed by atoms with Crippen molar-refractivity contribution in [1.82, 2.24) is 5.32 Å². The summed E-state index contributed by atoms with van der Waals surface area (Å²) in [6, 6.07) is 5.56. The topological polar surface area (TPSA) is 41.5 Å². The van der Waals surface area contributed by atoms with Crippen LogP contribution >= 0.6 is 0 Å². The molecule has 3 heteroatoms. The molecule has 0 amide bonds.